The highest BCUT2D eigenvalue weighted by molar-refractivity contribution is 7.08. The minimum Gasteiger partial charge on any atom is -0.331 e. The minimum atomic E-state index is 0. The maximum absolute atomic E-state index is 13.2. The Bertz CT molecular complexity index is 692. The van der Waals surface area contributed by atoms with Gasteiger partial charge in [-0.3, -0.25) is 4.79 Å². The van der Waals surface area contributed by atoms with E-state index >= 15 is 0 Å². The summed E-state index contributed by atoms with van der Waals surface area (Å²) >= 11 is 3.33. The minimum absolute atomic E-state index is 0. The summed E-state index contributed by atoms with van der Waals surface area (Å²) in [5, 5.41) is 11.8. The van der Waals surface area contributed by atoms with Gasteiger partial charge < -0.3 is 10.2 Å². The third-order valence-electron chi connectivity index (χ3n) is 5.40. The van der Waals surface area contributed by atoms with Gasteiger partial charge in [0.05, 0.1) is 5.56 Å². The second-order valence-corrected chi connectivity index (χ2v) is 8.39. The van der Waals surface area contributed by atoms with Crippen LogP contribution >= 0.6 is 35.1 Å². The van der Waals surface area contributed by atoms with Crippen LogP contribution in [-0.4, -0.2) is 29.9 Å². The molecule has 1 atom stereocenters. The molecule has 1 aliphatic heterocycles. The topological polar surface area (TPSA) is 32.3 Å². The molecule has 130 valence electrons. The van der Waals surface area contributed by atoms with E-state index in [4.69, 9.17) is 0 Å². The number of hydrogen-bond donors (Lipinski definition) is 1. The lowest BCUT2D eigenvalue weighted by Gasteiger charge is -2.29. The summed E-state index contributed by atoms with van der Waals surface area (Å²) in [6, 6.07) is 2.56. The molecule has 2 fully saturated rings. The number of carbonyl (C=O) groups is 1. The molecule has 6 heteroatoms. The van der Waals surface area contributed by atoms with Crippen molar-refractivity contribution >= 4 is 41.0 Å². The van der Waals surface area contributed by atoms with Crippen molar-refractivity contribution in [2.75, 3.05) is 13.1 Å². The lowest BCUT2D eigenvalue weighted by atomic mass is 9.93. The Labute approximate surface area is 157 Å². The monoisotopic (exact) mass is 382 g/mol. The first kappa shape index (κ1) is 17.9. The molecule has 2 aromatic rings. The number of hydrogen-bond acceptors (Lipinski definition) is 4. The second kappa shape index (κ2) is 7.16. The molecule has 1 amide bonds. The van der Waals surface area contributed by atoms with Gasteiger partial charge in [0, 0.05) is 18.0 Å². The van der Waals surface area contributed by atoms with Gasteiger partial charge in [-0.2, -0.15) is 22.7 Å². The Balaban J connectivity index is 0.00000169. The first-order valence-corrected chi connectivity index (χ1v) is 10.1. The van der Waals surface area contributed by atoms with Gasteiger partial charge in [-0.1, -0.05) is 0 Å². The number of halogens is 1. The molecule has 0 bridgehead atoms. The molecule has 1 spiro atoms. The number of piperidine rings is 1. The normalized spacial score (nSPS) is 21.3. The largest absolute Gasteiger partial charge is 0.331 e. The highest BCUT2D eigenvalue weighted by Gasteiger charge is 2.57. The first-order chi connectivity index (χ1) is 11.2. The van der Waals surface area contributed by atoms with Crippen LogP contribution in [0.1, 0.15) is 40.7 Å². The van der Waals surface area contributed by atoms with Crippen molar-refractivity contribution in [3.63, 3.8) is 0 Å². The van der Waals surface area contributed by atoms with Crippen molar-refractivity contribution in [1.82, 2.24) is 10.2 Å². The predicted molar refractivity (Wildman–Crippen MR) is 103 cm³/mol. The van der Waals surface area contributed by atoms with Crippen LogP contribution in [0, 0.1) is 12.3 Å². The lowest BCUT2D eigenvalue weighted by Crippen LogP contribution is -2.39. The Morgan fingerprint density at radius 3 is 2.71 bits per heavy atom. The number of rotatable bonds is 4. The summed E-state index contributed by atoms with van der Waals surface area (Å²) in [5.41, 5.74) is 3.63. The fraction of sp³-hybridized carbons (Fsp3) is 0.500. The number of nitrogens with one attached hydrogen (secondary N) is 1. The third-order valence-corrected chi connectivity index (χ3v) is 7.00. The van der Waals surface area contributed by atoms with E-state index in [0.29, 0.717) is 11.5 Å². The van der Waals surface area contributed by atoms with Gasteiger partial charge in [-0.05, 0) is 78.0 Å². The Hall–Kier alpha value is -0.880. The molecule has 4 rings (SSSR count). The van der Waals surface area contributed by atoms with Gasteiger partial charge >= 0.3 is 0 Å². The molecule has 2 aromatic heterocycles. The molecule has 3 heterocycles. The maximum atomic E-state index is 13.2. The number of aryl methyl sites for hydroxylation is 1. The van der Waals surface area contributed by atoms with Gasteiger partial charge in [-0.15, -0.1) is 12.4 Å². The van der Waals surface area contributed by atoms with Gasteiger partial charge in [0.2, 0.25) is 0 Å². The molecule has 1 N–H and O–H groups in total. The van der Waals surface area contributed by atoms with Gasteiger partial charge in [-0.25, -0.2) is 0 Å². The van der Waals surface area contributed by atoms with Crippen LogP contribution in [0.3, 0.4) is 0 Å². The van der Waals surface area contributed by atoms with Gasteiger partial charge in [0.1, 0.15) is 0 Å². The number of amides is 1. The molecule has 3 nitrogen and oxygen atoms in total. The van der Waals surface area contributed by atoms with Gasteiger partial charge in [0.15, 0.2) is 0 Å². The van der Waals surface area contributed by atoms with E-state index in [-0.39, 0.29) is 18.3 Å². The van der Waals surface area contributed by atoms with Crippen molar-refractivity contribution in [3.8, 4) is 0 Å². The summed E-state index contributed by atoms with van der Waals surface area (Å²) in [4.78, 5) is 15.3. The summed E-state index contributed by atoms with van der Waals surface area (Å²) in [7, 11) is 0. The molecule has 2 aliphatic rings. The average Bonchev–Trinajstić information content (AvgIpc) is 2.97. The standard InChI is InChI=1S/C18H22N2OS2.ClH/c1-13-10-23-12-15(13)17(21)20(9-14-2-7-22-11-14)16-8-18(16)3-5-19-6-4-18;/h2,7,10-12,16,19H,3-6,8-9H2,1H3;1H. The molecule has 1 saturated carbocycles. The van der Waals surface area contributed by atoms with Crippen molar-refractivity contribution in [2.24, 2.45) is 5.41 Å². The molecule has 24 heavy (non-hydrogen) atoms. The van der Waals surface area contributed by atoms with E-state index in [1.54, 1.807) is 22.7 Å². The van der Waals surface area contributed by atoms with Crippen molar-refractivity contribution in [2.45, 2.75) is 38.8 Å². The summed E-state index contributed by atoms with van der Waals surface area (Å²) in [6.07, 6.45) is 3.58. The van der Waals surface area contributed by atoms with Crippen LogP contribution in [0.2, 0.25) is 0 Å². The highest BCUT2D eigenvalue weighted by atomic mass is 35.5. The van der Waals surface area contributed by atoms with Crippen molar-refractivity contribution in [3.05, 3.63) is 44.3 Å². The third kappa shape index (κ3) is 3.27. The average molecular weight is 383 g/mol. The van der Waals surface area contributed by atoms with Crippen LogP contribution in [0.5, 0.6) is 0 Å². The quantitative estimate of drug-likeness (QED) is 0.853. The van der Waals surface area contributed by atoms with E-state index < -0.39 is 0 Å². The zero-order valence-corrected chi connectivity index (χ0v) is 16.2. The van der Waals surface area contributed by atoms with E-state index in [1.807, 2.05) is 12.3 Å². The lowest BCUT2D eigenvalue weighted by molar-refractivity contribution is 0.0692. The van der Waals surface area contributed by atoms with Crippen LogP contribution < -0.4 is 5.32 Å². The maximum Gasteiger partial charge on any atom is 0.255 e. The van der Waals surface area contributed by atoms with Crippen LogP contribution in [0.4, 0.5) is 0 Å². The second-order valence-electron chi connectivity index (χ2n) is 6.87. The Morgan fingerprint density at radius 1 is 1.29 bits per heavy atom. The van der Waals surface area contributed by atoms with Crippen LogP contribution in [0.25, 0.3) is 0 Å². The molecular weight excluding hydrogens is 360 g/mol. The number of carbonyl (C=O) groups excluding carboxylic acids is 1. The molecule has 0 radical (unpaired) electrons. The summed E-state index contributed by atoms with van der Waals surface area (Å²) < 4.78 is 0. The predicted octanol–water partition coefficient (Wildman–Crippen LogP) is 4.32. The zero-order valence-electron chi connectivity index (χ0n) is 13.8. The number of thiophene rings is 2. The Morgan fingerprint density at radius 2 is 2.08 bits per heavy atom. The molecule has 1 saturated heterocycles. The van der Waals surface area contributed by atoms with E-state index in [1.165, 1.54) is 24.8 Å². The molecule has 0 aromatic carbocycles. The molecule has 1 unspecified atom stereocenters. The van der Waals surface area contributed by atoms with Crippen molar-refractivity contribution in [1.29, 1.82) is 0 Å². The zero-order chi connectivity index (χ0) is 15.9. The fourth-order valence-electron chi connectivity index (χ4n) is 3.87. The fourth-order valence-corrected chi connectivity index (χ4v) is 5.35. The van der Waals surface area contributed by atoms with Crippen LogP contribution in [-0.2, 0) is 6.54 Å². The summed E-state index contributed by atoms with van der Waals surface area (Å²) in [5.74, 6) is 0.218. The Kier molecular flexibility index (Phi) is 5.35. The van der Waals surface area contributed by atoms with E-state index in [2.05, 4.69) is 32.4 Å². The van der Waals surface area contributed by atoms with E-state index in [9.17, 15) is 4.79 Å². The highest BCUT2D eigenvalue weighted by Crippen LogP contribution is 2.56. The smallest absolute Gasteiger partial charge is 0.255 e. The molecular formula is C18H23ClN2OS2. The summed E-state index contributed by atoms with van der Waals surface area (Å²) in [6.45, 7) is 4.97. The number of nitrogens with zero attached hydrogens (tertiary/aromatic N) is 1. The first-order valence-electron chi connectivity index (χ1n) is 8.25. The van der Waals surface area contributed by atoms with E-state index in [0.717, 1.165) is 30.8 Å². The van der Waals surface area contributed by atoms with Crippen molar-refractivity contribution < 1.29 is 4.79 Å². The SMILES string of the molecule is Cc1cscc1C(=O)N(Cc1ccsc1)C1CC12CCNCC2.Cl. The van der Waals surface area contributed by atoms with Gasteiger partial charge in [0.25, 0.3) is 5.91 Å². The molecule has 1 aliphatic carbocycles. The van der Waals surface area contributed by atoms with Crippen LogP contribution in [0.15, 0.2) is 27.6 Å².